The first kappa shape index (κ1) is 16.4. The van der Waals surface area contributed by atoms with Crippen LogP contribution in [0.2, 0.25) is 0 Å². The summed E-state index contributed by atoms with van der Waals surface area (Å²) >= 11 is 0. The highest BCUT2D eigenvalue weighted by Gasteiger charge is 2.27. The smallest absolute Gasteiger partial charge is 0.162 e. The Labute approximate surface area is 149 Å². The van der Waals surface area contributed by atoms with Crippen LogP contribution >= 0.6 is 0 Å². The van der Waals surface area contributed by atoms with Gasteiger partial charge in [-0.15, -0.1) is 0 Å². The van der Waals surface area contributed by atoms with Crippen molar-refractivity contribution in [3.63, 3.8) is 0 Å². The second-order valence-corrected chi connectivity index (χ2v) is 7.42. The van der Waals surface area contributed by atoms with E-state index in [1.54, 1.807) is 4.90 Å². The molecule has 25 heavy (non-hydrogen) atoms. The van der Waals surface area contributed by atoms with Gasteiger partial charge in [-0.3, -0.25) is 0 Å². The number of likely N-dealkylation sites (tertiary alicyclic amines) is 1. The first-order valence-electron chi connectivity index (χ1n) is 9.49. The van der Waals surface area contributed by atoms with Gasteiger partial charge in [-0.25, -0.2) is 0 Å². The normalized spacial score (nSPS) is 22.1. The van der Waals surface area contributed by atoms with Crippen molar-refractivity contribution in [1.29, 1.82) is 0 Å². The Morgan fingerprint density at radius 2 is 1.76 bits per heavy atom. The summed E-state index contributed by atoms with van der Waals surface area (Å²) in [6.45, 7) is 5.96. The van der Waals surface area contributed by atoms with Gasteiger partial charge >= 0.3 is 0 Å². The molecule has 2 heterocycles. The fraction of sp³-hybridized carbons (Fsp3) is 0.364. The molecule has 0 bridgehead atoms. The predicted octanol–water partition coefficient (Wildman–Crippen LogP) is 2.30. The van der Waals surface area contributed by atoms with E-state index in [2.05, 4.69) is 66.8 Å². The molecule has 1 atom stereocenters. The van der Waals surface area contributed by atoms with Gasteiger partial charge in [0.25, 0.3) is 0 Å². The van der Waals surface area contributed by atoms with Gasteiger partial charge in [0, 0.05) is 23.8 Å². The van der Waals surface area contributed by atoms with E-state index in [1.165, 1.54) is 36.9 Å². The van der Waals surface area contributed by atoms with E-state index in [9.17, 15) is 0 Å². The Hall–Kier alpha value is -2.10. The molecule has 0 unspecified atom stereocenters. The maximum absolute atomic E-state index is 6.04. The number of nitrogens with one attached hydrogen (secondary N) is 1. The van der Waals surface area contributed by atoms with Crippen molar-refractivity contribution < 1.29 is 14.6 Å². The molecule has 1 saturated heterocycles. The molecule has 0 spiro atoms. The van der Waals surface area contributed by atoms with Crippen LogP contribution in [0.1, 0.15) is 37.1 Å². The SMILES string of the molecule is C[C@H]([NH2+]C1CC[NH+](Cc2ccccc2)CC1)c1cc2ccccc2o1. The van der Waals surface area contributed by atoms with Gasteiger partial charge in [0.2, 0.25) is 0 Å². The number of furan rings is 1. The summed E-state index contributed by atoms with van der Waals surface area (Å²) in [6.07, 6.45) is 2.57. The molecule has 130 valence electrons. The van der Waals surface area contributed by atoms with Crippen LogP contribution in [0.5, 0.6) is 0 Å². The monoisotopic (exact) mass is 336 g/mol. The third-order valence-corrected chi connectivity index (χ3v) is 5.49. The molecule has 3 nitrogen and oxygen atoms in total. The van der Waals surface area contributed by atoms with Gasteiger partial charge < -0.3 is 14.6 Å². The average Bonchev–Trinajstić information content (AvgIpc) is 3.09. The Morgan fingerprint density at radius 3 is 2.52 bits per heavy atom. The van der Waals surface area contributed by atoms with Crippen molar-refractivity contribution in [2.45, 2.75) is 38.4 Å². The van der Waals surface area contributed by atoms with E-state index in [0.29, 0.717) is 12.1 Å². The zero-order valence-electron chi connectivity index (χ0n) is 14.9. The minimum absolute atomic E-state index is 0.382. The van der Waals surface area contributed by atoms with E-state index in [1.807, 2.05) is 6.07 Å². The van der Waals surface area contributed by atoms with Crippen molar-refractivity contribution in [3.8, 4) is 0 Å². The Morgan fingerprint density at radius 1 is 1.04 bits per heavy atom. The summed E-state index contributed by atoms with van der Waals surface area (Å²) in [4.78, 5) is 1.72. The highest BCUT2D eigenvalue weighted by molar-refractivity contribution is 5.77. The predicted molar refractivity (Wildman–Crippen MR) is 100 cm³/mol. The second kappa shape index (κ2) is 7.42. The molecule has 3 aromatic rings. The van der Waals surface area contributed by atoms with Crippen LogP contribution in [0.3, 0.4) is 0 Å². The summed E-state index contributed by atoms with van der Waals surface area (Å²) in [5, 5.41) is 3.72. The molecule has 1 aliphatic heterocycles. The molecule has 2 aromatic carbocycles. The summed E-state index contributed by atoms with van der Waals surface area (Å²) in [5.74, 6) is 1.10. The van der Waals surface area contributed by atoms with Gasteiger partial charge in [-0.05, 0) is 19.1 Å². The van der Waals surface area contributed by atoms with Crippen molar-refractivity contribution in [3.05, 3.63) is 72.0 Å². The first-order chi connectivity index (χ1) is 12.3. The Bertz CT molecular complexity index is 770. The standard InChI is InChI=1S/C22H26N2O/c1-17(22-15-19-9-5-6-10-21(19)25-22)23-20-11-13-24(14-12-20)16-18-7-3-2-4-8-18/h2-10,15,17,20,23H,11-14,16H2,1H3/p+2/t17-/m0/s1. The number of rotatable bonds is 5. The quantitative estimate of drug-likeness (QED) is 0.737. The van der Waals surface area contributed by atoms with E-state index in [-0.39, 0.29) is 0 Å². The number of quaternary nitrogens is 2. The largest absolute Gasteiger partial charge is 0.455 e. The molecule has 1 aromatic heterocycles. The molecule has 4 rings (SSSR count). The molecular weight excluding hydrogens is 308 g/mol. The van der Waals surface area contributed by atoms with Crippen molar-refractivity contribution >= 4 is 11.0 Å². The zero-order valence-corrected chi connectivity index (χ0v) is 14.9. The lowest BCUT2D eigenvalue weighted by Gasteiger charge is -2.29. The highest BCUT2D eigenvalue weighted by atomic mass is 16.3. The topological polar surface area (TPSA) is 34.2 Å². The van der Waals surface area contributed by atoms with Crippen LogP contribution in [0.4, 0.5) is 0 Å². The number of benzene rings is 2. The van der Waals surface area contributed by atoms with Crippen molar-refractivity contribution in [2.24, 2.45) is 0 Å². The highest BCUT2D eigenvalue weighted by Crippen LogP contribution is 2.22. The van der Waals surface area contributed by atoms with Gasteiger partial charge in [-0.1, -0.05) is 48.5 Å². The lowest BCUT2D eigenvalue weighted by molar-refractivity contribution is -0.927. The first-order valence-corrected chi connectivity index (χ1v) is 9.49. The molecule has 0 amide bonds. The molecule has 1 aliphatic rings. The maximum atomic E-state index is 6.04. The second-order valence-electron chi connectivity index (χ2n) is 7.42. The number of fused-ring (bicyclic) bond motifs is 1. The number of hydrogen-bond donors (Lipinski definition) is 2. The fourth-order valence-corrected chi connectivity index (χ4v) is 4.03. The van der Waals surface area contributed by atoms with Crippen LogP contribution < -0.4 is 10.2 Å². The van der Waals surface area contributed by atoms with E-state index >= 15 is 0 Å². The molecular formula is C22H28N2O+2. The molecule has 3 N–H and O–H groups in total. The third-order valence-electron chi connectivity index (χ3n) is 5.49. The van der Waals surface area contributed by atoms with Gasteiger partial charge in [0.15, 0.2) is 5.76 Å². The molecule has 0 saturated carbocycles. The molecule has 0 aliphatic carbocycles. The molecule has 3 heteroatoms. The number of piperidine rings is 1. The van der Waals surface area contributed by atoms with Crippen LogP contribution in [0, 0.1) is 0 Å². The van der Waals surface area contributed by atoms with E-state index < -0.39 is 0 Å². The third kappa shape index (κ3) is 3.94. The lowest BCUT2D eigenvalue weighted by atomic mass is 10.0. The Balaban J connectivity index is 1.30. The average molecular weight is 336 g/mol. The summed E-state index contributed by atoms with van der Waals surface area (Å²) < 4.78 is 6.04. The maximum Gasteiger partial charge on any atom is 0.162 e. The summed E-state index contributed by atoms with van der Waals surface area (Å²) in [6, 6.07) is 22.5. The van der Waals surface area contributed by atoms with E-state index in [4.69, 9.17) is 4.42 Å². The summed E-state index contributed by atoms with van der Waals surface area (Å²) in [7, 11) is 0. The van der Waals surface area contributed by atoms with Crippen molar-refractivity contribution in [2.75, 3.05) is 13.1 Å². The van der Waals surface area contributed by atoms with Crippen LogP contribution in [0.15, 0.2) is 65.1 Å². The summed E-state index contributed by atoms with van der Waals surface area (Å²) in [5.41, 5.74) is 2.45. The van der Waals surface area contributed by atoms with Gasteiger partial charge in [-0.2, -0.15) is 0 Å². The van der Waals surface area contributed by atoms with Crippen LogP contribution in [-0.4, -0.2) is 19.1 Å². The molecule has 0 radical (unpaired) electrons. The Kier molecular flexibility index (Phi) is 4.86. The minimum Gasteiger partial charge on any atom is -0.455 e. The number of nitrogens with two attached hydrogens (primary N) is 1. The lowest BCUT2D eigenvalue weighted by Crippen LogP contribution is -3.13. The zero-order chi connectivity index (χ0) is 17.1. The minimum atomic E-state index is 0.382. The van der Waals surface area contributed by atoms with Crippen molar-refractivity contribution in [1.82, 2.24) is 0 Å². The molecule has 1 fully saturated rings. The number of para-hydroxylation sites is 1. The number of hydrogen-bond acceptors (Lipinski definition) is 1. The van der Waals surface area contributed by atoms with E-state index in [0.717, 1.165) is 17.9 Å². The van der Waals surface area contributed by atoms with Crippen LogP contribution in [0.25, 0.3) is 11.0 Å². The van der Waals surface area contributed by atoms with Crippen LogP contribution in [-0.2, 0) is 6.54 Å². The fourth-order valence-electron chi connectivity index (χ4n) is 4.03. The van der Waals surface area contributed by atoms with Gasteiger partial charge in [0.1, 0.15) is 18.2 Å². The van der Waals surface area contributed by atoms with Gasteiger partial charge in [0.05, 0.1) is 19.1 Å².